The summed E-state index contributed by atoms with van der Waals surface area (Å²) in [4.78, 5) is 0. The third kappa shape index (κ3) is 3.89. The lowest BCUT2D eigenvalue weighted by Crippen LogP contribution is -2.27. The monoisotopic (exact) mass is 229 g/mol. The first-order chi connectivity index (χ1) is 8.36. The molecule has 2 rings (SSSR count). The lowest BCUT2D eigenvalue weighted by molar-refractivity contribution is 0.106. The fourth-order valence-electron chi connectivity index (χ4n) is 2.03. The second-order valence-corrected chi connectivity index (χ2v) is 4.42. The number of hydrogen-bond donors (Lipinski definition) is 1. The van der Waals surface area contributed by atoms with Crippen molar-refractivity contribution in [2.24, 2.45) is 5.92 Å². The van der Waals surface area contributed by atoms with E-state index < -0.39 is 0 Å². The van der Waals surface area contributed by atoms with Crippen LogP contribution in [0.1, 0.15) is 18.9 Å². The average molecular weight is 229 g/mol. The van der Waals surface area contributed by atoms with Crippen LogP contribution in [0.4, 0.5) is 0 Å². The third-order valence-electron chi connectivity index (χ3n) is 3.16. The van der Waals surface area contributed by atoms with E-state index >= 15 is 0 Å². The van der Waals surface area contributed by atoms with Crippen LogP contribution in [-0.4, -0.2) is 25.8 Å². The molecule has 1 aromatic carbocycles. The molecule has 0 radical (unpaired) electrons. The van der Waals surface area contributed by atoms with Crippen molar-refractivity contribution < 1.29 is 4.74 Å². The molecule has 2 atom stereocenters. The molecule has 0 spiro atoms. The van der Waals surface area contributed by atoms with Crippen LogP contribution in [0, 0.1) is 17.8 Å². The minimum atomic E-state index is 0.393. The molecule has 2 unspecified atom stereocenters. The van der Waals surface area contributed by atoms with Crippen LogP contribution in [0.2, 0.25) is 0 Å². The predicted octanol–water partition coefficient (Wildman–Crippen LogP) is 2.05. The van der Waals surface area contributed by atoms with Gasteiger partial charge in [-0.1, -0.05) is 30.0 Å². The van der Waals surface area contributed by atoms with Gasteiger partial charge in [0.05, 0.1) is 12.6 Å². The van der Waals surface area contributed by atoms with E-state index in [1.54, 1.807) is 0 Å². The van der Waals surface area contributed by atoms with E-state index in [1.807, 2.05) is 30.3 Å². The maximum Gasteiger partial charge on any atom is 0.0588 e. The molecule has 1 aromatic rings. The summed E-state index contributed by atoms with van der Waals surface area (Å²) in [6, 6.07) is 10.1. The third-order valence-corrected chi connectivity index (χ3v) is 3.16. The van der Waals surface area contributed by atoms with Gasteiger partial charge in [-0.2, -0.15) is 0 Å². The summed E-state index contributed by atoms with van der Waals surface area (Å²) in [6.07, 6.45) is 1.56. The highest BCUT2D eigenvalue weighted by atomic mass is 16.5. The van der Waals surface area contributed by atoms with Crippen molar-refractivity contribution in [1.82, 2.24) is 5.32 Å². The Bertz CT molecular complexity index is 390. The molecule has 0 aromatic heterocycles. The Kier molecular flexibility index (Phi) is 4.61. The van der Waals surface area contributed by atoms with E-state index in [1.165, 1.54) is 6.42 Å². The molecule has 0 aliphatic carbocycles. The zero-order valence-corrected chi connectivity index (χ0v) is 10.3. The number of ether oxygens (including phenoxy) is 1. The normalized spacial score (nSPS) is 23.1. The highest BCUT2D eigenvalue weighted by Crippen LogP contribution is 2.18. The van der Waals surface area contributed by atoms with Crippen LogP contribution >= 0.6 is 0 Å². The Labute approximate surface area is 103 Å². The molecule has 90 valence electrons. The molecule has 1 N–H and O–H groups in total. The van der Waals surface area contributed by atoms with Gasteiger partial charge in [0.1, 0.15) is 0 Å². The van der Waals surface area contributed by atoms with Crippen molar-refractivity contribution in [3.8, 4) is 11.8 Å². The van der Waals surface area contributed by atoms with Gasteiger partial charge in [0.2, 0.25) is 0 Å². The summed E-state index contributed by atoms with van der Waals surface area (Å²) in [6.45, 7) is 4.81. The van der Waals surface area contributed by atoms with Crippen LogP contribution in [0.25, 0.3) is 0 Å². The minimum absolute atomic E-state index is 0.393. The number of benzene rings is 1. The maximum absolute atomic E-state index is 5.52. The predicted molar refractivity (Wildman–Crippen MR) is 69.7 cm³/mol. The number of nitrogens with one attached hydrogen (secondary N) is 1. The van der Waals surface area contributed by atoms with Crippen molar-refractivity contribution in [3.63, 3.8) is 0 Å². The van der Waals surface area contributed by atoms with Crippen LogP contribution in [-0.2, 0) is 4.74 Å². The van der Waals surface area contributed by atoms with Gasteiger partial charge in [0, 0.05) is 18.7 Å². The van der Waals surface area contributed by atoms with E-state index in [0.29, 0.717) is 12.0 Å². The van der Waals surface area contributed by atoms with Gasteiger partial charge in [-0.3, -0.25) is 0 Å². The second kappa shape index (κ2) is 6.44. The number of rotatable bonds is 3. The Hall–Kier alpha value is -1.30. The molecule has 1 aliphatic heterocycles. The molecule has 0 amide bonds. The molecule has 0 saturated carbocycles. The molecular formula is C15H19NO. The zero-order chi connectivity index (χ0) is 11.9. The van der Waals surface area contributed by atoms with Crippen molar-refractivity contribution in [1.29, 1.82) is 0 Å². The largest absolute Gasteiger partial charge is 0.378 e. The van der Waals surface area contributed by atoms with Gasteiger partial charge in [0.25, 0.3) is 0 Å². The van der Waals surface area contributed by atoms with E-state index in [0.717, 1.165) is 25.3 Å². The van der Waals surface area contributed by atoms with Gasteiger partial charge >= 0.3 is 0 Å². The Balaban J connectivity index is 1.68. The summed E-state index contributed by atoms with van der Waals surface area (Å²) in [5, 5.41) is 3.37. The summed E-state index contributed by atoms with van der Waals surface area (Å²) in [7, 11) is 0. The Morgan fingerprint density at radius 1 is 1.35 bits per heavy atom. The topological polar surface area (TPSA) is 21.3 Å². The minimum Gasteiger partial charge on any atom is -0.378 e. The standard InChI is InChI=1S/C15H19NO/c1-13-15(9-11-17-13)12-16-10-5-8-14-6-3-2-4-7-14/h2-4,6-7,13,15-16H,9-12H2,1H3. The molecule has 1 aliphatic rings. The molecule has 17 heavy (non-hydrogen) atoms. The lowest BCUT2D eigenvalue weighted by atomic mass is 10.0. The SMILES string of the molecule is CC1OCCC1CNCC#Cc1ccccc1. The van der Waals surface area contributed by atoms with Crippen molar-refractivity contribution >= 4 is 0 Å². The quantitative estimate of drug-likeness (QED) is 0.632. The highest BCUT2D eigenvalue weighted by molar-refractivity contribution is 5.33. The summed E-state index contributed by atoms with van der Waals surface area (Å²) in [5.41, 5.74) is 1.08. The fourth-order valence-corrected chi connectivity index (χ4v) is 2.03. The molecule has 1 saturated heterocycles. The molecule has 2 nitrogen and oxygen atoms in total. The van der Waals surface area contributed by atoms with Gasteiger partial charge in [0.15, 0.2) is 0 Å². The molecule has 2 heteroatoms. The van der Waals surface area contributed by atoms with Crippen LogP contribution < -0.4 is 5.32 Å². The molecular weight excluding hydrogens is 210 g/mol. The smallest absolute Gasteiger partial charge is 0.0588 e. The van der Waals surface area contributed by atoms with E-state index in [2.05, 4.69) is 24.1 Å². The van der Waals surface area contributed by atoms with Crippen LogP contribution in [0.15, 0.2) is 30.3 Å². The molecule has 1 heterocycles. The first kappa shape index (κ1) is 12.2. The Morgan fingerprint density at radius 3 is 2.88 bits per heavy atom. The maximum atomic E-state index is 5.52. The van der Waals surface area contributed by atoms with Crippen LogP contribution in [0.5, 0.6) is 0 Å². The summed E-state index contributed by atoms with van der Waals surface area (Å²) < 4.78 is 5.52. The molecule has 0 bridgehead atoms. The van der Waals surface area contributed by atoms with Gasteiger partial charge in [-0.05, 0) is 31.4 Å². The zero-order valence-electron chi connectivity index (χ0n) is 10.3. The van der Waals surface area contributed by atoms with Gasteiger partial charge < -0.3 is 10.1 Å². The van der Waals surface area contributed by atoms with E-state index in [4.69, 9.17) is 4.74 Å². The van der Waals surface area contributed by atoms with Gasteiger partial charge in [-0.15, -0.1) is 0 Å². The van der Waals surface area contributed by atoms with Crippen molar-refractivity contribution in [2.75, 3.05) is 19.7 Å². The van der Waals surface area contributed by atoms with Crippen molar-refractivity contribution in [3.05, 3.63) is 35.9 Å². The number of hydrogen-bond acceptors (Lipinski definition) is 2. The van der Waals surface area contributed by atoms with E-state index in [-0.39, 0.29) is 0 Å². The average Bonchev–Trinajstić information content (AvgIpc) is 2.76. The fraction of sp³-hybridized carbons (Fsp3) is 0.467. The molecule has 1 fully saturated rings. The lowest BCUT2D eigenvalue weighted by Gasteiger charge is -2.13. The Morgan fingerprint density at radius 2 is 2.18 bits per heavy atom. The second-order valence-electron chi connectivity index (χ2n) is 4.42. The highest BCUT2D eigenvalue weighted by Gasteiger charge is 2.23. The van der Waals surface area contributed by atoms with Gasteiger partial charge in [-0.25, -0.2) is 0 Å². The first-order valence-electron chi connectivity index (χ1n) is 6.22. The van der Waals surface area contributed by atoms with Crippen molar-refractivity contribution in [2.45, 2.75) is 19.4 Å². The van der Waals surface area contributed by atoms with Crippen LogP contribution in [0.3, 0.4) is 0 Å². The summed E-state index contributed by atoms with van der Waals surface area (Å²) >= 11 is 0. The van der Waals surface area contributed by atoms with E-state index in [9.17, 15) is 0 Å². The first-order valence-corrected chi connectivity index (χ1v) is 6.22. The summed E-state index contributed by atoms with van der Waals surface area (Å²) in [5.74, 6) is 6.92.